The van der Waals surface area contributed by atoms with Crippen LogP contribution in [-0.4, -0.2) is 76.4 Å². The highest BCUT2D eigenvalue weighted by atomic mass is 35.5. The number of benzene rings is 4. The lowest BCUT2D eigenvalue weighted by molar-refractivity contribution is -0.140. The Morgan fingerprint density at radius 2 is 1.54 bits per heavy atom. The number of ether oxygens (including phenoxy) is 3. The van der Waals surface area contributed by atoms with Crippen LogP contribution in [0.15, 0.2) is 84.9 Å². The molecule has 0 radical (unpaired) electrons. The van der Waals surface area contributed by atoms with Gasteiger partial charge in [0.2, 0.25) is 17.7 Å². The lowest BCUT2D eigenvalue weighted by atomic mass is 9.88. The Hall–Kier alpha value is -5.90. The third-order valence-electron chi connectivity index (χ3n) is 10.5. The summed E-state index contributed by atoms with van der Waals surface area (Å²) in [6.07, 6.45) is 1.50. The zero-order valence-corrected chi connectivity index (χ0v) is 34.9. The first-order valence-corrected chi connectivity index (χ1v) is 20.4. The number of halogens is 3. The number of nitrogens with zero attached hydrogens (tertiary/aromatic N) is 4. The van der Waals surface area contributed by atoms with Crippen LogP contribution in [0.5, 0.6) is 17.5 Å². The number of carboxylic acid groups (broad SMARTS) is 1. The standard InChI is InChI=1S/C45H39Cl3N6O7/c46-37-18-32(21-51-38(22-55)44(57)58)42(60-23-29-16-27(19-49)15-28(17-29)20-50)52-43(37)61-24-31-3-1-5-35(40(31)47)36-6-2-4-34(41(36)48)30-7-9-33(10-8-30)59-14-13-54-25-45(26-54)12-11-39(56)53-45/h1-10,15-18,38,51,55H,11-14,21-26H2,(H,53,56)(H,57,58). The van der Waals surface area contributed by atoms with Gasteiger partial charge >= 0.3 is 5.97 Å². The summed E-state index contributed by atoms with van der Waals surface area (Å²) in [7, 11) is 0. The first kappa shape index (κ1) is 43.2. The molecule has 4 aromatic carbocycles. The van der Waals surface area contributed by atoms with Crippen molar-refractivity contribution in [3.63, 3.8) is 0 Å². The molecule has 0 bridgehead atoms. The minimum atomic E-state index is -1.26. The van der Waals surface area contributed by atoms with Gasteiger partial charge < -0.3 is 29.7 Å². The SMILES string of the molecule is N#Cc1cc(C#N)cc(COc2nc(OCc3cccc(-c4cccc(-c5ccc(OCCN6CC7(CCC(=O)N7)C6)cc5)c4Cl)c3Cl)c(Cl)cc2CNC(CO)C(=O)O)c1. The summed E-state index contributed by atoms with van der Waals surface area (Å²) in [5.41, 5.74) is 5.09. The molecule has 1 amide bonds. The number of aliphatic hydroxyl groups is 1. The van der Waals surface area contributed by atoms with Gasteiger partial charge in [-0.3, -0.25) is 19.8 Å². The Morgan fingerprint density at radius 1 is 0.869 bits per heavy atom. The molecule has 2 aliphatic rings. The van der Waals surface area contributed by atoms with E-state index in [0.29, 0.717) is 50.9 Å². The number of carboxylic acids is 1. The third kappa shape index (κ3) is 10.2. The van der Waals surface area contributed by atoms with Crippen LogP contribution >= 0.6 is 34.8 Å². The first-order valence-electron chi connectivity index (χ1n) is 19.3. The number of aromatic nitrogens is 1. The number of likely N-dealkylation sites (tertiary alicyclic amines) is 1. The fourth-order valence-corrected chi connectivity index (χ4v) is 8.22. The third-order valence-corrected chi connectivity index (χ3v) is 11.6. The normalized spacial score (nSPS) is 14.7. The number of nitriles is 2. The van der Waals surface area contributed by atoms with Crippen molar-refractivity contribution in [2.24, 2.45) is 0 Å². The minimum Gasteiger partial charge on any atom is -0.492 e. The van der Waals surface area contributed by atoms with Gasteiger partial charge in [-0.2, -0.15) is 15.5 Å². The van der Waals surface area contributed by atoms with E-state index < -0.39 is 18.6 Å². The molecule has 2 aliphatic heterocycles. The van der Waals surface area contributed by atoms with Crippen molar-refractivity contribution in [1.29, 1.82) is 10.5 Å². The number of hydrogen-bond acceptors (Lipinski definition) is 11. The summed E-state index contributed by atoms with van der Waals surface area (Å²) in [4.78, 5) is 30.0. The zero-order valence-electron chi connectivity index (χ0n) is 32.6. The van der Waals surface area contributed by atoms with Crippen molar-refractivity contribution in [3.8, 4) is 51.9 Å². The van der Waals surface area contributed by atoms with E-state index in [9.17, 15) is 30.3 Å². The lowest BCUT2D eigenvalue weighted by Crippen LogP contribution is -2.67. The number of amides is 1. The highest BCUT2D eigenvalue weighted by Gasteiger charge is 2.47. The van der Waals surface area contributed by atoms with E-state index in [0.717, 1.165) is 42.9 Å². The van der Waals surface area contributed by atoms with Gasteiger partial charge in [0.05, 0.1) is 45.5 Å². The predicted octanol–water partition coefficient (Wildman–Crippen LogP) is 7.16. The maximum absolute atomic E-state index is 11.6. The van der Waals surface area contributed by atoms with Gasteiger partial charge in [0.25, 0.3) is 0 Å². The molecule has 312 valence electrons. The molecule has 7 rings (SSSR count). The maximum atomic E-state index is 11.6. The highest BCUT2D eigenvalue weighted by Crippen LogP contribution is 2.41. The number of hydrogen-bond donors (Lipinski definition) is 4. The summed E-state index contributed by atoms with van der Waals surface area (Å²) in [6, 6.07) is 27.9. The van der Waals surface area contributed by atoms with Gasteiger partial charge in [0.15, 0.2) is 0 Å². The van der Waals surface area contributed by atoms with Crippen LogP contribution in [0.4, 0.5) is 0 Å². The van der Waals surface area contributed by atoms with Gasteiger partial charge in [-0.25, -0.2) is 0 Å². The van der Waals surface area contributed by atoms with Crippen LogP contribution < -0.4 is 24.8 Å². The number of rotatable bonds is 17. The molecule has 1 unspecified atom stereocenters. The van der Waals surface area contributed by atoms with Gasteiger partial charge in [-0.1, -0.05) is 83.3 Å². The molecule has 1 atom stereocenters. The lowest BCUT2D eigenvalue weighted by Gasteiger charge is -2.47. The number of carbonyl (C=O) groups is 2. The molecule has 2 saturated heterocycles. The molecular weight excluding hydrogens is 843 g/mol. The van der Waals surface area contributed by atoms with Crippen molar-refractivity contribution in [3.05, 3.63) is 128 Å². The smallest absolute Gasteiger partial charge is 0.323 e. The Balaban J connectivity index is 1.04. The average Bonchev–Trinajstić information content (AvgIpc) is 3.65. The highest BCUT2D eigenvalue weighted by molar-refractivity contribution is 6.38. The molecule has 1 spiro atoms. The molecule has 13 nitrogen and oxygen atoms in total. The largest absolute Gasteiger partial charge is 0.492 e. The molecule has 1 aromatic heterocycles. The number of nitrogens with one attached hydrogen (secondary N) is 2. The van der Waals surface area contributed by atoms with Crippen LogP contribution in [0.25, 0.3) is 22.3 Å². The van der Waals surface area contributed by atoms with Gasteiger partial charge in [0.1, 0.15) is 36.6 Å². The minimum absolute atomic E-state index is 0.00257. The molecule has 4 N–H and O–H groups in total. The second-order valence-electron chi connectivity index (χ2n) is 14.8. The van der Waals surface area contributed by atoms with E-state index in [1.54, 1.807) is 18.2 Å². The van der Waals surface area contributed by atoms with E-state index in [4.69, 9.17) is 49.0 Å². The van der Waals surface area contributed by atoms with E-state index in [1.165, 1.54) is 12.1 Å². The number of aliphatic hydroxyl groups excluding tert-OH is 1. The predicted molar refractivity (Wildman–Crippen MR) is 229 cm³/mol. The van der Waals surface area contributed by atoms with Crippen molar-refractivity contribution >= 4 is 46.7 Å². The van der Waals surface area contributed by atoms with Crippen LogP contribution in [0, 0.1) is 22.7 Å². The quantitative estimate of drug-likeness (QED) is 0.0739. The van der Waals surface area contributed by atoms with Crippen molar-refractivity contribution in [2.75, 3.05) is 32.8 Å². The van der Waals surface area contributed by atoms with Crippen LogP contribution in [0.1, 0.15) is 40.7 Å². The Morgan fingerprint density at radius 3 is 2.20 bits per heavy atom. The first-order chi connectivity index (χ1) is 29.5. The topological polar surface area (TPSA) is 190 Å². The summed E-state index contributed by atoms with van der Waals surface area (Å²) >= 11 is 20.7. The second-order valence-corrected chi connectivity index (χ2v) is 15.9. The van der Waals surface area contributed by atoms with Crippen molar-refractivity contribution in [1.82, 2.24) is 20.5 Å². The van der Waals surface area contributed by atoms with Gasteiger partial charge in [0, 0.05) is 60.4 Å². The average molecular weight is 882 g/mol. The molecule has 61 heavy (non-hydrogen) atoms. The second kappa shape index (κ2) is 19.2. The molecule has 0 saturated carbocycles. The van der Waals surface area contributed by atoms with E-state index >= 15 is 0 Å². The molecule has 2 fully saturated rings. The van der Waals surface area contributed by atoms with Crippen LogP contribution in [-0.2, 0) is 29.3 Å². The fourth-order valence-electron chi connectivity index (χ4n) is 7.38. The van der Waals surface area contributed by atoms with E-state index in [1.807, 2.05) is 66.7 Å². The summed E-state index contributed by atoms with van der Waals surface area (Å²) in [5.74, 6) is -0.333. The van der Waals surface area contributed by atoms with Gasteiger partial charge in [-0.05, 0) is 53.9 Å². The van der Waals surface area contributed by atoms with Gasteiger partial charge in [-0.15, -0.1) is 0 Å². The zero-order chi connectivity index (χ0) is 43.1. The van der Waals surface area contributed by atoms with Crippen molar-refractivity contribution < 1.29 is 34.0 Å². The van der Waals surface area contributed by atoms with Crippen LogP contribution in [0.2, 0.25) is 15.1 Å². The summed E-state index contributed by atoms with van der Waals surface area (Å²) < 4.78 is 18.2. The Kier molecular flexibility index (Phi) is 13.6. The number of aliphatic carboxylic acids is 1. The molecule has 0 aliphatic carbocycles. The monoisotopic (exact) mass is 880 g/mol. The maximum Gasteiger partial charge on any atom is 0.323 e. The Bertz CT molecular complexity index is 2500. The molecular formula is C45H39Cl3N6O7. The molecule has 16 heteroatoms. The molecule has 3 heterocycles. The van der Waals surface area contributed by atoms with E-state index in [-0.39, 0.29) is 59.1 Å². The van der Waals surface area contributed by atoms with Crippen LogP contribution in [0.3, 0.4) is 0 Å². The fraction of sp³-hybridized carbons (Fsp3) is 0.267. The van der Waals surface area contributed by atoms with E-state index in [2.05, 4.69) is 20.5 Å². The summed E-state index contributed by atoms with van der Waals surface area (Å²) in [6.45, 7) is 2.12. The van der Waals surface area contributed by atoms with Crippen molar-refractivity contribution in [2.45, 2.75) is 44.2 Å². The number of carbonyl (C=O) groups excluding carboxylic acids is 1. The molecule has 5 aromatic rings. The number of pyridine rings is 1. The Labute approximate surface area is 367 Å². The summed E-state index contributed by atoms with van der Waals surface area (Å²) in [5, 5.41) is 44.6.